The molecule has 0 fully saturated rings. The summed E-state index contributed by atoms with van der Waals surface area (Å²) >= 11 is 3.58. The highest BCUT2D eigenvalue weighted by atomic mass is 79.9. The number of halogens is 1. The van der Waals surface area contributed by atoms with Crippen LogP contribution in [0.25, 0.3) is 6.08 Å². The summed E-state index contributed by atoms with van der Waals surface area (Å²) in [6.07, 6.45) is 2.25. The number of amides is 1. The second kappa shape index (κ2) is 9.91. The third kappa shape index (κ3) is 5.37. The maximum Gasteiger partial charge on any atom is 0.266 e. The summed E-state index contributed by atoms with van der Waals surface area (Å²) in [7, 11) is 1.61. The molecule has 0 aliphatic carbocycles. The molecule has 0 saturated carbocycles. The average molecular weight is 461 g/mol. The molecule has 0 bridgehead atoms. The van der Waals surface area contributed by atoms with E-state index in [1.54, 1.807) is 13.2 Å². The molecule has 1 amide bonds. The Morgan fingerprint density at radius 2 is 1.83 bits per heavy atom. The topological polar surface area (TPSA) is 62.1 Å². The molecular weight excluding hydrogens is 440 g/mol. The Morgan fingerprint density at radius 1 is 1.10 bits per heavy atom. The van der Waals surface area contributed by atoms with Gasteiger partial charge in [0.2, 0.25) is 0 Å². The van der Waals surface area contributed by atoms with Gasteiger partial charge in [0.15, 0.2) is 0 Å². The molecule has 1 N–H and O–H groups in total. The molecule has 3 aromatic carbocycles. The maximum absolute atomic E-state index is 12.6. The molecule has 30 heavy (non-hydrogen) atoms. The minimum absolute atomic E-state index is 0.0362. The molecule has 0 aromatic heterocycles. The number of anilines is 1. The summed E-state index contributed by atoms with van der Waals surface area (Å²) in [5.74, 6) is 0.279. The maximum atomic E-state index is 12.6. The molecule has 0 radical (unpaired) electrons. The zero-order valence-electron chi connectivity index (χ0n) is 16.8. The first-order valence-electron chi connectivity index (χ1n) is 9.40. The lowest BCUT2D eigenvalue weighted by Crippen LogP contribution is -2.13. The predicted molar refractivity (Wildman–Crippen MR) is 123 cm³/mol. The Balaban J connectivity index is 1.93. The van der Waals surface area contributed by atoms with Gasteiger partial charge in [0.05, 0.1) is 7.11 Å². The van der Waals surface area contributed by atoms with Crippen molar-refractivity contribution >= 4 is 33.6 Å². The van der Waals surface area contributed by atoms with Crippen LogP contribution in [0.4, 0.5) is 5.69 Å². The number of hydrogen-bond donors (Lipinski definition) is 1. The number of hydrogen-bond acceptors (Lipinski definition) is 3. The van der Waals surface area contributed by atoms with E-state index in [0.717, 1.165) is 32.5 Å². The number of ether oxygens (including phenoxy) is 1. The number of methoxy groups -OCH3 is 1. The number of rotatable bonds is 6. The zero-order chi connectivity index (χ0) is 21.5. The van der Waals surface area contributed by atoms with E-state index in [-0.39, 0.29) is 5.57 Å². The van der Waals surface area contributed by atoms with Gasteiger partial charge < -0.3 is 10.1 Å². The molecule has 0 saturated heterocycles. The third-order valence-corrected chi connectivity index (χ3v) is 5.44. The van der Waals surface area contributed by atoms with Crippen LogP contribution < -0.4 is 10.1 Å². The second-order valence-electron chi connectivity index (χ2n) is 6.82. The summed E-state index contributed by atoms with van der Waals surface area (Å²) in [5, 5.41) is 12.4. The van der Waals surface area contributed by atoms with E-state index >= 15 is 0 Å². The van der Waals surface area contributed by atoms with Gasteiger partial charge in [-0.05, 0) is 66.4 Å². The van der Waals surface area contributed by atoms with Crippen LogP contribution in [0, 0.1) is 18.3 Å². The van der Waals surface area contributed by atoms with Crippen molar-refractivity contribution in [3.8, 4) is 11.8 Å². The van der Waals surface area contributed by atoms with Gasteiger partial charge in [-0.2, -0.15) is 5.26 Å². The normalized spacial score (nSPS) is 10.9. The molecule has 3 rings (SSSR count). The Morgan fingerprint density at radius 3 is 2.50 bits per heavy atom. The van der Waals surface area contributed by atoms with E-state index in [0.29, 0.717) is 12.1 Å². The lowest BCUT2D eigenvalue weighted by Gasteiger charge is -2.11. The van der Waals surface area contributed by atoms with Gasteiger partial charge >= 0.3 is 0 Å². The van der Waals surface area contributed by atoms with E-state index in [1.807, 2.05) is 79.7 Å². The van der Waals surface area contributed by atoms with Crippen LogP contribution in [0.2, 0.25) is 0 Å². The minimum Gasteiger partial charge on any atom is -0.497 e. The third-order valence-electron chi connectivity index (χ3n) is 4.66. The summed E-state index contributed by atoms with van der Waals surface area (Å²) in [6, 6.07) is 23.0. The van der Waals surface area contributed by atoms with Crippen LogP contribution in [0.5, 0.6) is 5.75 Å². The van der Waals surface area contributed by atoms with Crippen molar-refractivity contribution in [2.45, 2.75) is 13.3 Å². The molecule has 0 unspecified atom stereocenters. The molecule has 3 aromatic rings. The van der Waals surface area contributed by atoms with Gasteiger partial charge in [0.1, 0.15) is 17.4 Å². The fourth-order valence-corrected chi connectivity index (χ4v) is 3.41. The van der Waals surface area contributed by atoms with Gasteiger partial charge in [0.25, 0.3) is 5.91 Å². The van der Waals surface area contributed by atoms with Crippen LogP contribution in [0.1, 0.15) is 22.3 Å². The molecule has 4 nitrogen and oxygen atoms in total. The highest BCUT2D eigenvalue weighted by molar-refractivity contribution is 9.10. The van der Waals surface area contributed by atoms with Crippen LogP contribution in [-0.2, 0) is 11.2 Å². The Labute approximate surface area is 184 Å². The quantitative estimate of drug-likeness (QED) is 0.367. The number of nitriles is 1. The first kappa shape index (κ1) is 21.4. The van der Waals surface area contributed by atoms with Gasteiger partial charge in [-0.3, -0.25) is 4.79 Å². The van der Waals surface area contributed by atoms with Crippen LogP contribution in [-0.4, -0.2) is 13.0 Å². The molecule has 0 aliphatic rings. The SMILES string of the molecule is COc1ccc(/C=C(\C#N)C(=O)Nc2ccc(C)cc2)c(Cc2ccccc2Br)c1. The minimum atomic E-state index is -0.441. The van der Waals surface area contributed by atoms with Crippen LogP contribution in [0.15, 0.2) is 76.8 Å². The number of nitrogens with zero attached hydrogens (tertiary/aromatic N) is 1. The molecule has 0 heterocycles. The standard InChI is InChI=1S/C25H21BrN2O2/c1-17-7-10-22(11-8-17)28-25(29)21(16-27)13-18-9-12-23(30-2)15-20(18)14-19-5-3-4-6-24(19)26/h3-13,15H,14H2,1-2H3,(H,28,29)/b21-13+. The summed E-state index contributed by atoms with van der Waals surface area (Å²) < 4.78 is 6.37. The lowest BCUT2D eigenvalue weighted by atomic mass is 9.97. The fourth-order valence-electron chi connectivity index (χ4n) is 2.99. The Bertz CT molecular complexity index is 1130. The van der Waals surface area contributed by atoms with Crippen LogP contribution >= 0.6 is 15.9 Å². The van der Waals surface area contributed by atoms with Gasteiger partial charge in [-0.1, -0.05) is 57.9 Å². The molecular formula is C25H21BrN2O2. The highest BCUT2D eigenvalue weighted by Crippen LogP contribution is 2.26. The van der Waals surface area contributed by atoms with E-state index in [1.165, 1.54) is 0 Å². The van der Waals surface area contributed by atoms with Crippen molar-refractivity contribution in [1.82, 2.24) is 0 Å². The van der Waals surface area contributed by atoms with Gasteiger partial charge in [-0.15, -0.1) is 0 Å². The van der Waals surface area contributed by atoms with E-state index in [4.69, 9.17) is 4.74 Å². The van der Waals surface area contributed by atoms with Crippen molar-refractivity contribution in [3.05, 3.63) is 99.0 Å². The average Bonchev–Trinajstić information content (AvgIpc) is 2.75. The molecule has 5 heteroatoms. The van der Waals surface area contributed by atoms with E-state index < -0.39 is 5.91 Å². The number of nitrogens with one attached hydrogen (secondary N) is 1. The summed E-state index contributed by atoms with van der Waals surface area (Å²) in [4.78, 5) is 12.6. The summed E-state index contributed by atoms with van der Waals surface area (Å²) in [6.45, 7) is 1.97. The second-order valence-corrected chi connectivity index (χ2v) is 7.68. The van der Waals surface area contributed by atoms with Gasteiger partial charge in [-0.25, -0.2) is 0 Å². The van der Waals surface area contributed by atoms with Crippen molar-refractivity contribution < 1.29 is 9.53 Å². The van der Waals surface area contributed by atoms with E-state index in [2.05, 4.69) is 21.2 Å². The van der Waals surface area contributed by atoms with Crippen molar-refractivity contribution in [2.75, 3.05) is 12.4 Å². The number of carbonyl (C=O) groups excluding carboxylic acids is 1. The first-order valence-corrected chi connectivity index (χ1v) is 10.2. The van der Waals surface area contributed by atoms with Crippen molar-refractivity contribution in [2.24, 2.45) is 0 Å². The number of aryl methyl sites for hydroxylation is 1. The smallest absolute Gasteiger partial charge is 0.266 e. The number of benzene rings is 3. The predicted octanol–water partition coefficient (Wildman–Crippen LogP) is 5.90. The molecule has 0 spiro atoms. The van der Waals surface area contributed by atoms with Gasteiger partial charge in [0, 0.05) is 10.2 Å². The molecule has 150 valence electrons. The Hall–Kier alpha value is -3.36. The lowest BCUT2D eigenvalue weighted by molar-refractivity contribution is -0.112. The van der Waals surface area contributed by atoms with E-state index in [9.17, 15) is 10.1 Å². The molecule has 0 atom stereocenters. The van der Waals surface area contributed by atoms with Crippen molar-refractivity contribution in [1.29, 1.82) is 5.26 Å². The summed E-state index contributed by atoms with van der Waals surface area (Å²) in [5.41, 5.74) is 4.63. The zero-order valence-corrected chi connectivity index (χ0v) is 18.4. The first-order chi connectivity index (χ1) is 14.5. The fraction of sp³-hybridized carbons (Fsp3) is 0.120. The molecule has 0 aliphatic heterocycles. The highest BCUT2D eigenvalue weighted by Gasteiger charge is 2.12. The monoisotopic (exact) mass is 460 g/mol. The Kier molecular flexibility index (Phi) is 7.05. The van der Waals surface area contributed by atoms with Crippen molar-refractivity contribution in [3.63, 3.8) is 0 Å². The number of carbonyl (C=O) groups is 1. The largest absolute Gasteiger partial charge is 0.497 e. The van der Waals surface area contributed by atoms with Crippen LogP contribution in [0.3, 0.4) is 0 Å².